The summed E-state index contributed by atoms with van der Waals surface area (Å²) in [6, 6.07) is 9.99. The highest BCUT2D eigenvalue weighted by Gasteiger charge is 2.27. The van der Waals surface area contributed by atoms with E-state index in [2.05, 4.69) is 22.8 Å². The zero-order chi connectivity index (χ0) is 17.5. The number of amides is 2. The number of ether oxygens (including phenoxy) is 1. The van der Waals surface area contributed by atoms with Gasteiger partial charge in [0.15, 0.2) is 0 Å². The summed E-state index contributed by atoms with van der Waals surface area (Å²) in [5.41, 5.74) is 1.19. The second-order valence-corrected chi connectivity index (χ2v) is 6.73. The van der Waals surface area contributed by atoms with Gasteiger partial charge in [-0.25, -0.2) is 0 Å². The molecule has 0 saturated carbocycles. The van der Waals surface area contributed by atoms with Gasteiger partial charge in [-0.3, -0.25) is 9.59 Å². The predicted octanol–water partition coefficient (Wildman–Crippen LogP) is 0.715. The highest BCUT2D eigenvalue weighted by molar-refractivity contribution is 5.82. The molecule has 2 N–H and O–H groups in total. The molecule has 0 aromatic heterocycles. The van der Waals surface area contributed by atoms with E-state index in [0.717, 1.165) is 19.3 Å². The molecule has 0 radical (unpaired) electrons. The third kappa shape index (κ3) is 5.28. The van der Waals surface area contributed by atoms with Crippen molar-refractivity contribution in [1.29, 1.82) is 0 Å². The second-order valence-electron chi connectivity index (χ2n) is 6.73. The number of benzene rings is 1. The first kappa shape index (κ1) is 17.9. The Labute approximate surface area is 148 Å². The van der Waals surface area contributed by atoms with Crippen molar-refractivity contribution in [1.82, 2.24) is 15.5 Å². The average molecular weight is 345 g/mol. The van der Waals surface area contributed by atoms with Gasteiger partial charge in [-0.1, -0.05) is 30.3 Å². The maximum Gasteiger partial charge on any atom is 0.239 e. The van der Waals surface area contributed by atoms with E-state index in [4.69, 9.17) is 4.74 Å². The lowest BCUT2D eigenvalue weighted by Gasteiger charge is -2.33. The minimum atomic E-state index is -0.251. The Morgan fingerprint density at radius 2 is 1.96 bits per heavy atom. The number of likely N-dealkylation sites (tertiary alicyclic amines) is 1. The zero-order valence-electron chi connectivity index (χ0n) is 14.6. The number of morpholine rings is 1. The molecule has 25 heavy (non-hydrogen) atoms. The Morgan fingerprint density at radius 3 is 2.64 bits per heavy atom. The molecule has 0 bridgehead atoms. The third-order valence-corrected chi connectivity index (χ3v) is 4.90. The molecule has 2 heterocycles. The van der Waals surface area contributed by atoms with Crippen LogP contribution in [0.4, 0.5) is 0 Å². The van der Waals surface area contributed by atoms with Crippen molar-refractivity contribution >= 4 is 11.8 Å². The summed E-state index contributed by atoms with van der Waals surface area (Å²) in [5.74, 6) is 0.213. The molecule has 1 aromatic rings. The number of carbonyl (C=O) groups is 2. The predicted molar refractivity (Wildman–Crippen MR) is 95.1 cm³/mol. The highest BCUT2D eigenvalue weighted by Crippen LogP contribution is 2.13. The Hall–Kier alpha value is -1.92. The molecule has 2 saturated heterocycles. The van der Waals surface area contributed by atoms with Crippen LogP contribution in [-0.2, 0) is 20.7 Å². The maximum absolute atomic E-state index is 12.4. The smallest absolute Gasteiger partial charge is 0.239 e. The van der Waals surface area contributed by atoms with Gasteiger partial charge < -0.3 is 20.3 Å². The molecule has 1 unspecified atom stereocenters. The average Bonchev–Trinajstić information content (AvgIpc) is 2.68. The summed E-state index contributed by atoms with van der Waals surface area (Å²) >= 11 is 0. The second kappa shape index (κ2) is 8.97. The molecule has 6 heteroatoms. The lowest BCUT2D eigenvalue weighted by atomic mass is 10.0. The molecule has 6 nitrogen and oxygen atoms in total. The molecular weight excluding hydrogens is 318 g/mol. The molecule has 2 fully saturated rings. The molecule has 2 aliphatic heterocycles. The van der Waals surface area contributed by atoms with Crippen molar-refractivity contribution in [2.45, 2.75) is 37.8 Å². The van der Waals surface area contributed by atoms with Crippen LogP contribution in [0.2, 0.25) is 0 Å². The topological polar surface area (TPSA) is 70.7 Å². The van der Waals surface area contributed by atoms with Gasteiger partial charge in [0.25, 0.3) is 0 Å². The summed E-state index contributed by atoms with van der Waals surface area (Å²) in [7, 11) is 0. The quantitative estimate of drug-likeness (QED) is 0.825. The van der Waals surface area contributed by atoms with Crippen LogP contribution < -0.4 is 10.6 Å². The van der Waals surface area contributed by atoms with Gasteiger partial charge in [-0.05, 0) is 24.8 Å². The van der Waals surface area contributed by atoms with Crippen LogP contribution in [0, 0.1) is 0 Å². The van der Waals surface area contributed by atoms with Crippen LogP contribution in [0.5, 0.6) is 0 Å². The van der Waals surface area contributed by atoms with Crippen molar-refractivity contribution in [3.05, 3.63) is 35.9 Å². The summed E-state index contributed by atoms with van der Waals surface area (Å²) in [6.07, 6.45) is 2.96. The van der Waals surface area contributed by atoms with Crippen molar-refractivity contribution in [2.24, 2.45) is 0 Å². The van der Waals surface area contributed by atoms with Gasteiger partial charge >= 0.3 is 0 Å². The molecule has 2 aliphatic rings. The van der Waals surface area contributed by atoms with E-state index in [9.17, 15) is 9.59 Å². The van der Waals surface area contributed by atoms with Crippen LogP contribution in [0.25, 0.3) is 0 Å². The van der Waals surface area contributed by atoms with Gasteiger partial charge in [0.2, 0.25) is 11.8 Å². The molecule has 0 aliphatic carbocycles. The maximum atomic E-state index is 12.4. The summed E-state index contributed by atoms with van der Waals surface area (Å²) < 4.78 is 5.33. The fourth-order valence-corrected chi connectivity index (χ4v) is 3.36. The first-order chi connectivity index (χ1) is 12.2. The van der Waals surface area contributed by atoms with Gasteiger partial charge in [0.1, 0.15) is 6.04 Å². The molecule has 3 rings (SSSR count). The molecule has 1 atom stereocenters. The third-order valence-electron chi connectivity index (χ3n) is 4.90. The van der Waals surface area contributed by atoms with E-state index in [1.54, 1.807) is 0 Å². The van der Waals surface area contributed by atoms with E-state index in [-0.39, 0.29) is 23.9 Å². The number of carbonyl (C=O) groups excluding carboxylic acids is 2. The number of piperidine rings is 1. The normalized spacial score (nSPS) is 21.8. The number of nitrogens with zero attached hydrogens (tertiary/aromatic N) is 1. The molecule has 1 aromatic carbocycles. The first-order valence-corrected chi connectivity index (χ1v) is 9.15. The monoisotopic (exact) mass is 345 g/mol. The van der Waals surface area contributed by atoms with Gasteiger partial charge in [-0.2, -0.15) is 0 Å². The minimum Gasteiger partial charge on any atom is -0.378 e. The Bertz CT molecular complexity index is 565. The van der Waals surface area contributed by atoms with Crippen LogP contribution in [0.15, 0.2) is 30.3 Å². The minimum absolute atomic E-state index is 0.00792. The van der Waals surface area contributed by atoms with Gasteiger partial charge in [-0.15, -0.1) is 0 Å². The lowest BCUT2D eigenvalue weighted by molar-refractivity contribution is -0.132. The number of nitrogens with one attached hydrogen (secondary N) is 2. The lowest BCUT2D eigenvalue weighted by Crippen LogP contribution is -2.55. The van der Waals surface area contributed by atoms with Gasteiger partial charge in [0, 0.05) is 32.1 Å². The van der Waals surface area contributed by atoms with E-state index < -0.39 is 0 Å². The molecular formula is C19H27N3O3. The van der Waals surface area contributed by atoms with Crippen LogP contribution in [0.1, 0.15) is 24.8 Å². The summed E-state index contributed by atoms with van der Waals surface area (Å²) in [6.45, 7) is 3.24. The summed E-state index contributed by atoms with van der Waals surface area (Å²) in [4.78, 5) is 26.5. The number of hydrogen-bond donors (Lipinski definition) is 2. The Morgan fingerprint density at radius 1 is 1.20 bits per heavy atom. The number of aryl methyl sites for hydroxylation is 1. The largest absolute Gasteiger partial charge is 0.378 e. The zero-order valence-corrected chi connectivity index (χ0v) is 14.6. The van der Waals surface area contributed by atoms with E-state index in [1.807, 2.05) is 23.1 Å². The number of hydrogen-bond acceptors (Lipinski definition) is 4. The fraction of sp³-hybridized carbons (Fsp3) is 0.579. The van der Waals surface area contributed by atoms with Crippen molar-refractivity contribution in [3.63, 3.8) is 0 Å². The van der Waals surface area contributed by atoms with E-state index in [0.29, 0.717) is 39.3 Å². The Kier molecular flexibility index (Phi) is 6.42. The highest BCUT2D eigenvalue weighted by atomic mass is 16.5. The molecule has 2 amide bonds. The standard InChI is InChI=1S/C19H27N3O3/c23-18(7-6-15-4-2-1-3-5-15)22-11-8-16(9-12-22)21-19(24)17-14-25-13-10-20-17/h1-5,16-17,20H,6-14H2,(H,21,24). The molecule has 136 valence electrons. The van der Waals surface area contributed by atoms with Crippen molar-refractivity contribution in [2.75, 3.05) is 32.8 Å². The van der Waals surface area contributed by atoms with Crippen molar-refractivity contribution < 1.29 is 14.3 Å². The van der Waals surface area contributed by atoms with Crippen LogP contribution in [-0.4, -0.2) is 61.6 Å². The van der Waals surface area contributed by atoms with Crippen molar-refractivity contribution in [3.8, 4) is 0 Å². The molecule has 0 spiro atoms. The number of rotatable bonds is 5. The van der Waals surface area contributed by atoms with Crippen LogP contribution >= 0.6 is 0 Å². The van der Waals surface area contributed by atoms with Gasteiger partial charge in [0.05, 0.1) is 13.2 Å². The van der Waals surface area contributed by atoms with Crippen LogP contribution in [0.3, 0.4) is 0 Å². The summed E-state index contributed by atoms with van der Waals surface area (Å²) in [5, 5.41) is 6.25. The fourth-order valence-electron chi connectivity index (χ4n) is 3.36. The Balaban J connectivity index is 1.37. The van der Waals surface area contributed by atoms with E-state index in [1.165, 1.54) is 5.56 Å². The SMILES string of the molecule is O=C(NC1CCN(C(=O)CCc2ccccc2)CC1)C1COCCN1. The first-order valence-electron chi connectivity index (χ1n) is 9.15. The van der Waals surface area contributed by atoms with E-state index >= 15 is 0 Å².